The van der Waals surface area contributed by atoms with Crippen molar-refractivity contribution in [2.75, 3.05) is 18.5 Å². The maximum absolute atomic E-state index is 12.4. The summed E-state index contributed by atoms with van der Waals surface area (Å²) in [5, 5.41) is 3.43. The number of anilines is 1. The van der Waals surface area contributed by atoms with E-state index in [2.05, 4.69) is 5.32 Å². The maximum atomic E-state index is 12.4. The summed E-state index contributed by atoms with van der Waals surface area (Å²) in [5.74, 6) is -0.188. The topological polar surface area (TPSA) is 58.6 Å². The van der Waals surface area contributed by atoms with Gasteiger partial charge in [0.25, 0.3) is 0 Å². The van der Waals surface area contributed by atoms with E-state index >= 15 is 0 Å². The molecule has 120 valence electrons. The molecule has 1 aromatic rings. The number of ether oxygens (including phenoxy) is 1. The fraction of sp³-hybridized carbons (Fsp3) is 0.500. The quantitative estimate of drug-likeness (QED) is 0.840. The molecule has 1 fully saturated rings. The molecule has 0 radical (unpaired) electrons. The Kier molecular flexibility index (Phi) is 6.07. The summed E-state index contributed by atoms with van der Waals surface area (Å²) in [4.78, 5) is 25.9. The number of hydrogen-bond donors (Lipinski definition) is 1. The van der Waals surface area contributed by atoms with E-state index in [9.17, 15) is 9.59 Å². The summed E-state index contributed by atoms with van der Waals surface area (Å²) < 4.78 is 5.20. The van der Waals surface area contributed by atoms with Gasteiger partial charge >= 0.3 is 6.09 Å². The summed E-state index contributed by atoms with van der Waals surface area (Å²) in [6.07, 6.45) is 2.86. The van der Waals surface area contributed by atoms with Gasteiger partial charge in [0.15, 0.2) is 0 Å². The normalized spacial score (nSPS) is 17.4. The number of amides is 2. The SMILES string of the molecule is CCCCOC(=O)N1CCC[C@H]1C(=O)Nc1ccc(Cl)cc1. The minimum atomic E-state index is -0.468. The number of unbranched alkanes of at least 4 members (excludes halogenated alkanes) is 1. The minimum absolute atomic E-state index is 0.188. The standard InChI is InChI=1S/C16H21ClN2O3/c1-2-3-11-22-16(21)19-10-4-5-14(19)15(20)18-13-8-6-12(17)7-9-13/h6-9,14H,2-5,10-11H2,1H3,(H,18,20)/t14-/m0/s1. The molecular formula is C16H21ClN2O3. The van der Waals surface area contributed by atoms with Gasteiger partial charge in [-0.1, -0.05) is 24.9 Å². The first-order valence-electron chi connectivity index (χ1n) is 7.61. The average Bonchev–Trinajstić information content (AvgIpc) is 2.99. The van der Waals surface area contributed by atoms with Gasteiger partial charge in [0.2, 0.25) is 5.91 Å². The number of likely N-dealkylation sites (tertiary alicyclic amines) is 1. The summed E-state index contributed by atoms with van der Waals surface area (Å²) in [6, 6.07) is 6.42. The Labute approximate surface area is 135 Å². The van der Waals surface area contributed by atoms with E-state index in [1.54, 1.807) is 24.3 Å². The molecule has 2 rings (SSSR count). The van der Waals surface area contributed by atoms with Crippen molar-refractivity contribution in [2.45, 2.75) is 38.6 Å². The molecule has 0 aromatic heterocycles. The summed E-state index contributed by atoms with van der Waals surface area (Å²) >= 11 is 5.82. The van der Waals surface area contributed by atoms with Crippen LogP contribution in [-0.4, -0.2) is 36.1 Å². The Morgan fingerprint density at radius 3 is 2.77 bits per heavy atom. The van der Waals surface area contributed by atoms with Crippen molar-refractivity contribution in [2.24, 2.45) is 0 Å². The molecule has 1 saturated heterocycles. The average molecular weight is 325 g/mol. The van der Waals surface area contributed by atoms with Gasteiger partial charge in [0.1, 0.15) is 6.04 Å². The highest BCUT2D eigenvalue weighted by Gasteiger charge is 2.35. The van der Waals surface area contributed by atoms with E-state index < -0.39 is 12.1 Å². The number of rotatable bonds is 5. The number of halogens is 1. The Morgan fingerprint density at radius 2 is 2.09 bits per heavy atom. The lowest BCUT2D eigenvalue weighted by atomic mass is 10.2. The van der Waals surface area contributed by atoms with Crippen LogP contribution in [0.1, 0.15) is 32.6 Å². The molecule has 2 amide bonds. The van der Waals surface area contributed by atoms with Crippen LogP contribution < -0.4 is 5.32 Å². The van der Waals surface area contributed by atoms with Crippen LogP contribution in [0.4, 0.5) is 10.5 Å². The van der Waals surface area contributed by atoms with Gasteiger partial charge in [-0.25, -0.2) is 4.79 Å². The second-order valence-electron chi connectivity index (χ2n) is 5.32. The number of carbonyl (C=O) groups is 2. The maximum Gasteiger partial charge on any atom is 0.410 e. The highest BCUT2D eigenvalue weighted by atomic mass is 35.5. The highest BCUT2D eigenvalue weighted by molar-refractivity contribution is 6.30. The van der Waals surface area contributed by atoms with Crippen LogP contribution in [0.5, 0.6) is 0 Å². The molecule has 5 nitrogen and oxygen atoms in total. The summed E-state index contributed by atoms with van der Waals surface area (Å²) in [5.41, 5.74) is 0.667. The van der Waals surface area contributed by atoms with E-state index in [0.29, 0.717) is 30.3 Å². The fourth-order valence-electron chi connectivity index (χ4n) is 2.40. The summed E-state index contributed by atoms with van der Waals surface area (Å²) in [7, 11) is 0. The molecule has 0 spiro atoms. The van der Waals surface area contributed by atoms with Crippen LogP contribution in [0.3, 0.4) is 0 Å². The number of benzene rings is 1. The first-order chi connectivity index (χ1) is 10.6. The Hall–Kier alpha value is -1.75. The molecule has 1 aromatic carbocycles. The van der Waals surface area contributed by atoms with Gasteiger partial charge in [-0.3, -0.25) is 9.69 Å². The van der Waals surface area contributed by atoms with Crippen molar-refractivity contribution in [3.63, 3.8) is 0 Å². The van der Waals surface area contributed by atoms with Gasteiger partial charge in [0.05, 0.1) is 6.61 Å². The van der Waals surface area contributed by atoms with Gasteiger partial charge in [-0.2, -0.15) is 0 Å². The summed E-state index contributed by atoms with van der Waals surface area (Å²) in [6.45, 7) is 2.99. The lowest BCUT2D eigenvalue weighted by Crippen LogP contribution is -2.43. The zero-order valence-electron chi connectivity index (χ0n) is 12.7. The van der Waals surface area contributed by atoms with Gasteiger partial charge in [-0.05, 0) is 43.5 Å². The molecule has 22 heavy (non-hydrogen) atoms. The predicted octanol–water partition coefficient (Wildman–Crippen LogP) is 3.68. The molecule has 0 aliphatic carbocycles. The zero-order valence-corrected chi connectivity index (χ0v) is 13.4. The molecule has 1 aliphatic heterocycles. The monoisotopic (exact) mass is 324 g/mol. The van der Waals surface area contributed by atoms with Crippen LogP contribution >= 0.6 is 11.6 Å². The van der Waals surface area contributed by atoms with Crippen molar-refractivity contribution in [3.05, 3.63) is 29.3 Å². The minimum Gasteiger partial charge on any atom is -0.449 e. The van der Waals surface area contributed by atoms with Crippen LogP contribution in [0, 0.1) is 0 Å². The van der Waals surface area contributed by atoms with Crippen molar-refractivity contribution < 1.29 is 14.3 Å². The molecule has 0 bridgehead atoms. The van der Waals surface area contributed by atoms with E-state index in [-0.39, 0.29) is 5.91 Å². The molecular weight excluding hydrogens is 304 g/mol. The third kappa shape index (κ3) is 4.37. The van der Waals surface area contributed by atoms with Crippen LogP contribution in [0.15, 0.2) is 24.3 Å². The van der Waals surface area contributed by atoms with Crippen molar-refractivity contribution in [3.8, 4) is 0 Å². The molecule has 6 heteroatoms. The largest absolute Gasteiger partial charge is 0.449 e. The molecule has 1 N–H and O–H groups in total. The van der Waals surface area contributed by atoms with Crippen molar-refractivity contribution >= 4 is 29.3 Å². The number of hydrogen-bond acceptors (Lipinski definition) is 3. The zero-order chi connectivity index (χ0) is 15.9. The predicted molar refractivity (Wildman–Crippen MR) is 86.1 cm³/mol. The lowest BCUT2D eigenvalue weighted by molar-refractivity contribution is -0.120. The Balaban J connectivity index is 1.92. The van der Waals surface area contributed by atoms with E-state index in [0.717, 1.165) is 19.3 Å². The number of nitrogens with zero attached hydrogens (tertiary/aromatic N) is 1. The third-order valence-corrected chi connectivity index (χ3v) is 3.88. The smallest absolute Gasteiger partial charge is 0.410 e. The first kappa shape index (κ1) is 16.6. The number of nitrogens with one attached hydrogen (secondary N) is 1. The van der Waals surface area contributed by atoms with E-state index in [1.807, 2.05) is 6.92 Å². The molecule has 0 saturated carbocycles. The second-order valence-corrected chi connectivity index (χ2v) is 5.75. The molecule has 1 heterocycles. The lowest BCUT2D eigenvalue weighted by Gasteiger charge is -2.23. The van der Waals surface area contributed by atoms with Crippen LogP contribution in [-0.2, 0) is 9.53 Å². The van der Waals surface area contributed by atoms with Gasteiger partial charge in [0, 0.05) is 17.3 Å². The number of carbonyl (C=O) groups excluding carboxylic acids is 2. The van der Waals surface area contributed by atoms with Gasteiger partial charge < -0.3 is 10.1 Å². The van der Waals surface area contributed by atoms with Crippen LogP contribution in [0.25, 0.3) is 0 Å². The molecule has 1 atom stereocenters. The molecule has 0 unspecified atom stereocenters. The molecule has 1 aliphatic rings. The fourth-order valence-corrected chi connectivity index (χ4v) is 2.53. The van der Waals surface area contributed by atoms with Crippen molar-refractivity contribution in [1.29, 1.82) is 0 Å². The van der Waals surface area contributed by atoms with Crippen LogP contribution in [0.2, 0.25) is 5.02 Å². The first-order valence-corrected chi connectivity index (χ1v) is 7.99. The highest BCUT2D eigenvalue weighted by Crippen LogP contribution is 2.21. The Morgan fingerprint density at radius 1 is 1.36 bits per heavy atom. The van der Waals surface area contributed by atoms with Gasteiger partial charge in [-0.15, -0.1) is 0 Å². The third-order valence-electron chi connectivity index (χ3n) is 3.63. The second kappa shape index (κ2) is 8.03. The van der Waals surface area contributed by atoms with Crippen molar-refractivity contribution in [1.82, 2.24) is 4.90 Å². The van der Waals surface area contributed by atoms with E-state index in [1.165, 1.54) is 4.90 Å². The van der Waals surface area contributed by atoms with E-state index in [4.69, 9.17) is 16.3 Å². The Bertz CT molecular complexity index is 519.